The molecule has 0 aliphatic carbocycles. The van der Waals surface area contributed by atoms with Crippen LogP contribution in [0.1, 0.15) is 13.3 Å². The first-order chi connectivity index (χ1) is 7.95. The standard InChI is InChI=1S/C10H12FN3O3/c1-2-7(12)10(15)13-8-4-3-6(11)5-9(8)14(16)17/h3-5,7H,2,12H2,1H3,(H,13,15)/t7-/m1/s1. The van der Waals surface area contributed by atoms with E-state index in [0.29, 0.717) is 6.42 Å². The van der Waals surface area contributed by atoms with E-state index in [2.05, 4.69) is 5.32 Å². The molecule has 92 valence electrons. The molecule has 0 spiro atoms. The monoisotopic (exact) mass is 241 g/mol. The zero-order valence-corrected chi connectivity index (χ0v) is 9.14. The number of benzene rings is 1. The fourth-order valence-corrected chi connectivity index (χ4v) is 1.17. The van der Waals surface area contributed by atoms with Gasteiger partial charge in [-0.15, -0.1) is 0 Å². The Labute approximate surface area is 96.8 Å². The molecule has 1 aromatic rings. The van der Waals surface area contributed by atoms with Gasteiger partial charge in [-0.25, -0.2) is 4.39 Å². The van der Waals surface area contributed by atoms with Gasteiger partial charge in [0.1, 0.15) is 11.5 Å². The molecular formula is C10H12FN3O3. The SMILES string of the molecule is CC[C@@H](N)C(=O)Nc1ccc(F)cc1[N+](=O)[O-]. The summed E-state index contributed by atoms with van der Waals surface area (Å²) in [6.45, 7) is 1.71. The summed E-state index contributed by atoms with van der Waals surface area (Å²) in [5.41, 5.74) is 4.90. The Hall–Kier alpha value is -2.02. The molecule has 0 aliphatic rings. The number of carbonyl (C=O) groups excluding carboxylic acids is 1. The quantitative estimate of drug-likeness (QED) is 0.615. The molecule has 1 rings (SSSR count). The number of hydrogen-bond donors (Lipinski definition) is 2. The number of rotatable bonds is 4. The van der Waals surface area contributed by atoms with Crippen molar-refractivity contribution < 1.29 is 14.1 Å². The predicted octanol–water partition coefficient (Wildman–Crippen LogP) is 1.41. The van der Waals surface area contributed by atoms with Crippen molar-refractivity contribution >= 4 is 17.3 Å². The summed E-state index contributed by atoms with van der Waals surface area (Å²) < 4.78 is 12.8. The van der Waals surface area contributed by atoms with E-state index in [9.17, 15) is 19.3 Å². The molecule has 0 fully saturated rings. The van der Waals surface area contributed by atoms with E-state index in [1.807, 2.05) is 0 Å². The highest BCUT2D eigenvalue weighted by Gasteiger charge is 2.19. The number of hydrogen-bond acceptors (Lipinski definition) is 4. The Balaban J connectivity index is 2.98. The second-order valence-electron chi connectivity index (χ2n) is 3.42. The maximum absolute atomic E-state index is 12.8. The number of amides is 1. The Morgan fingerprint density at radius 3 is 2.82 bits per heavy atom. The van der Waals surface area contributed by atoms with Crippen molar-refractivity contribution in [3.8, 4) is 0 Å². The first kappa shape index (κ1) is 13.0. The van der Waals surface area contributed by atoms with Gasteiger partial charge in [0, 0.05) is 0 Å². The molecule has 0 saturated carbocycles. The minimum Gasteiger partial charge on any atom is -0.320 e. The van der Waals surface area contributed by atoms with Crippen molar-refractivity contribution in [2.24, 2.45) is 5.73 Å². The van der Waals surface area contributed by atoms with E-state index >= 15 is 0 Å². The summed E-state index contributed by atoms with van der Waals surface area (Å²) in [6.07, 6.45) is 0.404. The van der Waals surface area contributed by atoms with E-state index in [4.69, 9.17) is 5.73 Å². The van der Waals surface area contributed by atoms with Gasteiger partial charge < -0.3 is 11.1 Å². The predicted molar refractivity (Wildman–Crippen MR) is 60.0 cm³/mol. The Morgan fingerprint density at radius 2 is 2.29 bits per heavy atom. The van der Waals surface area contributed by atoms with Crippen molar-refractivity contribution in [1.82, 2.24) is 0 Å². The fourth-order valence-electron chi connectivity index (χ4n) is 1.17. The minimum absolute atomic E-state index is 0.0645. The van der Waals surface area contributed by atoms with Crippen LogP contribution in [-0.4, -0.2) is 16.9 Å². The fraction of sp³-hybridized carbons (Fsp3) is 0.300. The lowest BCUT2D eigenvalue weighted by molar-refractivity contribution is -0.384. The van der Waals surface area contributed by atoms with Crippen molar-refractivity contribution in [2.75, 3.05) is 5.32 Å². The Kier molecular flexibility index (Phi) is 4.11. The van der Waals surface area contributed by atoms with Crippen LogP contribution in [-0.2, 0) is 4.79 Å². The maximum Gasteiger partial charge on any atom is 0.295 e. The molecule has 6 nitrogen and oxygen atoms in total. The average Bonchev–Trinajstić information content (AvgIpc) is 2.29. The smallest absolute Gasteiger partial charge is 0.295 e. The molecule has 1 amide bonds. The molecule has 17 heavy (non-hydrogen) atoms. The van der Waals surface area contributed by atoms with Gasteiger partial charge in [0.2, 0.25) is 5.91 Å². The second-order valence-corrected chi connectivity index (χ2v) is 3.42. The van der Waals surface area contributed by atoms with Gasteiger partial charge in [0.05, 0.1) is 17.0 Å². The number of nitrogens with two attached hydrogens (primary N) is 1. The Morgan fingerprint density at radius 1 is 1.65 bits per heavy atom. The van der Waals surface area contributed by atoms with Crippen LogP contribution >= 0.6 is 0 Å². The summed E-state index contributed by atoms with van der Waals surface area (Å²) in [7, 11) is 0. The third-order valence-corrected chi connectivity index (χ3v) is 2.19. The van der Waals surface area contributed by atoms with Gasteiger partial charge >= 0.3 is 0 Å². The van der Waals surface area contributed by atoms with Gasteiger partial charge in [-0.3, -0.25) is 14.9 Å². The van der Waals surface area contributed by atoms with Crippen LogP contribution in [0, 0.1) is 15.9 Å². The van der Waals surface area contributed by atoms with E-state index in [-0.39, 0.29) is 5.69 Å². The third-order valence-electron chi connectivity index (χ3n) is 2.19. The highest BCUT2D eigenvalue weighted by atomic mass is 19.1. The highest BCUT2D eigenvalue weighted by molar-refractivity contribution is 5.96. The van der Waals surface area contributed by atoms with Gasteiger partial charge in [0.25, 0.3) is 5.69 Å². The Bertz CT molecular complexity index is 450. The molecule has 1 aromatic carbocycles. The number of carbonyl (C=O) groups is 1. The van der Waals surface area contributed by atoms with Crippen molar-refractivity contribution in [2.45, 2.75) is 19.4 Å². The van der Waals surface area contributed by atoms with Crippen LogP contribution in [0.5, 0.6) is 0 Å². The number of nitrogens with one attached hydrogen (secondary N) is 1. The lowest BCUT2D eigenvalue weighted by Gasteiger charge is -2.10. The number of nitro benzene ring substituents is 1. The number of anilines is 1. The average molecular weight is 241 g/mol. The zero-order chi connectivity index (χ0) is 13.0. The lowest BCUT2D eigenvalue weighted by Crippen LogP contribution is -2.34. The van der Waals surface area contributed by atoms with Crippen LogP contribution in [0.2, 0.25) is 0 Å². The summed E-state index contributed by atoms with van der Waals surface area (Å²) >= 11 is 0. The molecule has 0 radical (unpaired) electrons. The molecule has 0 heterocycles. The van der Waals surface area contributed by atoms with Crippen LogP contribution in [0.15, 0.2) is 18.2 Å². The van der Waals surface area contributed by atoms with E-state index in [1.165, 1.54) is 0 Å². The summed E-state index contributed by atoms with van der Waals surface area (Å²) in [6, 6.07) is 2.15. The molecule has 0 aliphatic heterocycles. The summed E-state index contributed by atoms with van der Waals surface area (Å²) in [5, 5.41) is 12.9. The maximum atomic E-state index is 12.8. The largest absolute Gasteiger partial charge is 0.320 e. The normalized spacial score (nSPS) is 11.9. The molecule has 0 bridgehead atoms. The van der Waals surface area contributed by atoms with Crippen LogP contribution in [0.3, 0.4) is 0 Å². The van der Waals surface area contributed by atoms with Gasteiger partial charge in [-0.2, -0.15) is 0 Å². The summed E-state index contributed by atoms with van der Waals surface area (Å²) in [5.74, 6) is -1.28. The van der Waals surface area contributed by atoms with Gasteiger partial charge in [-0.1, -0.05) is 6.92 Å². The highest BCUT2D eigenvalue weighted by Crippen LogP contribution is 2.24. The number of nitro groups is 1. The van der Waals surface area contributed by atoms with Crippen molar-refractivity contribution in [1.29, 1.82) is 0 Å². The molecule has 3 N–H and O–H groups in total. The van der Waals surface area contributed by atoms with Gasteiger partial charge in [-0.05, 0) is 18.6 Å². The molecule has 7 heteroatoms. The van der Waals surface area contributed by atoms with Crippen molar-refractivity contribution in [3.05, 3.63) is 34.1 Å². The first-order valence-corrected chi connectivity index (χ1v) is 4.96. The van der Waals surface area contributed by atoms with Crippen molar-refractivity contribution in [3.63, 3.8) is 0 Å². The lowest BCUT2D eigenvalue weighted by atomic mass is 10.2. The van der Waals surface area contributed by atoms with E-state index in [1.54, 1.807) is 6.92 Å². The van der Waals surface area contributed by atoms with Crippen LogP contribution in [0.25, 0.3) is 0 Å². The minimum atomic E-state index is -0.768. The summed E-state index contributed by atoms with van der Waals surface area (Å²) in [4.78, 5) is 21.3. The van der Waals surface area contributed by atoms with E-state index in [0.717, 1.165) is 18.2 Å². The van der Waals surface area contributed by atoms with Gasteiger partial charge in [0.15, 0.2) is 0 Å². The first-order valence-electron chi connectivity index (χ1n) is 4.96. The molecule has 0 saturated heterocycles. The number of nitrogens with zero attached hydrogens (tertiary/aromatic N) is 1. The molecule has 1 atom stereocenters. The van der Waals surface area contributed by atoms with E-state index < -0.39 is 28.4 Å². The van der Waals surface area contributed by atoms with Crippen LogP contribution < -0.4 is 11.1 Å². The zero-order valence-electron chi connectivity index (χ0n) is 9.14. The molecular weight excluding hydrogens is 229 g/mol. The molecule has 0 aromatic heterocycles. The topological polar surface area (TPSA) is 98.3 Å². The second kappa shape index (κ2) is 5.35. The third kappa shape index (κ3) is 3.22. The number of halogens is 1. The van der Waals surface area contributed by atoms with Crippen LogP contribution in [0.4, 0.5) is 15.8 Å². The molecule has 0 unspecified atom stereocenters.